The molecular formula is C17H19N3O3S. The van der Waals surface area contributed by atoms with Crippen molar-refractivity contribution < 1.29 is 13.2 Å². The molecular weight excluding hydrogens is 326 g/mol. The summed E-state index contributed by atoms with van der Waals surface area (Å²) in [5.74, 6) is -0.256. The number of carbonyl (C=O) groups excluding carboxylic acids is 1. The van der Waals surface area contributed by atoms with Crippen LogP contribution in [0.15, 0.2) is 54.2 Å². The first-order chi connectivity index (χ1) is 11.4. The van der Waals surface area contributed by atoms with Crippen LogP contribution in [0.2, 0.25) is 0 Å². The first-order valence-electron chi connectivity index (χ1n) is 7.67. The molecule has 1 aromatic carbocycles. The molecule has 3 rings (SSSR count). The highest BCUT2D eigenvalue weighted by Crippen LogP contribution is 2.19. The van der Waals surface area contributed by atoms with Crippen LogP contribution in [0, 0.1) is 5.92 Å². The van der Waals surface area contributed by atoms with Gasteiger partial charge in [0.25, 0.3) is 0 Å². The first kappa shape index (κ1) is 16.4. The lowest BCUT2D eigenvalue weighted by atomic mass is 10.1. The molecule has 0 unspecified atom stereocenters. The molecule has 0 radical (unpaired) electrons. The highest BCUT2D eigenvalue weighted by atomic mass is 32.2. The standard InChI is InChI=1S/C17H19N3O3S/c1-19(17(21)11-15-6-9-24(22,23)13-15)12-14-4-2-5-16(10-14)20-8-3-7-18-20/h2-10,15H,11-13H2,1H3/t15-/m0/s1. The lowest BCUT2D eigenvalue weighted by Crippen LogP contribution is -2.28. The summed E-state index contributed by atoms with van der Waals surface area (Å²) in [7, 11) is -1.39. The number of rotatable bonds is 5. The number of aromatic nitrogens is 2. The van der Waals surface area contributed by atoms with Gasteiger partial charge in [0.05, 0.1) is 11.4 Å². The number of hydrogen-bond acceptors (Lipinski definition) is 4. The maximum atomic E-state index is 12.3. The molecule has 1 aromatic heterocycles. The average Bonchev–Trinajstić information content (AvgIpc) is 3.17. The largest absolute Gasteiger partial charge is 0.341 e. The van der Waals surface area contributed by atoms with Gasteiger partial charge in [0, 0.05) is 43.7 Å². The van der Waals surface area contributed by atoms with E-state index in [0.717, 1.165) is 11.3 Å². The van der Waals surface area contributed by atoms with Gasteiger partial charge < -0.3 is 4.90 Å². The van der Waals surface area contributed by atoms with Crippen LogP contribution >= 0.6 is 0 Å². The van der Waals surface area contributed by atoms with Gasteiger partial charge in [0.2, 0.25) is 5.91 Å². The van der Waals surface area contributed by atoms with Crippen molar-refractivity contribution in [2.45, 2.75) is 13.0 Å². The van der Waals surface area contributed by atoms with Crippen molar-refractivity contribution >= 4 is 15.7 Å². The van der Waals surface area contributed by atoms with Crippen molar-refractivity contribution in [2.24, 2.45) is 5.92 Å². The van der Waals surface area contributed by atoms with E-state index in [1.54, 1.807) is 28.9 Å². The van der Waals surface area contributed by atoms with E-state index in [-0.39, 0.29) is 24.0 Å². The second kappa shape index (κ2) is 6.60. The Morgan fingerprint density at radius 2 is 2.21 bits per heavy atom. The lowest BCUT2D eigenvalue weighted by Gasteiger charge is -2.19. The van der Waals surface area contributed by atoms with E-state index < -0.39 is 9.84 Å². The normalized spacial score (nSPS) is 18.6. The van der Waals surface area contributed by atoms with Gasteiger partial charge in [-0.25, -0.2) is 13.1 Å². The van der Waals surface area contributed by atoms with Gasteiger partial charge in [-0.2, -0.15) is 5.10 Å². The Hall–Kier alpha value is -2.41. The summed E-state index contributed by atoms with van der Waals surface area (Å²) in [4.78, 5) is 13.9. The zero-order valence-electron chi connectivity index (χ0n) is 13.4. The molecule has 1 aliphatic rings. The monoisotopic (exact) mass is 345 g/mol. The van der Waals surface area contributed by atoms with Gasteiger partial charge >= 0.3 is 0 Å². The Bertz CT molecular complexity index is 857. The molecule has 0 spiro atoms. The third kappa shape index (κ3) is 3.91. The third-order valence-corrected chi connectivity index (χ3v) is 5.43. The van der Waals surface area contributed by atoms with Crippen molar-refractivity contribution in [3.63, 3.8) is 0 Å². The molecule has 126 valence electrons. The fourth-order valence-corrected chi connectivity index (χ4v) is 4.13. The Morgan fingerprint density at radius 3 is 2.88 bits per heavy atom. The summed E-state index contributed by atoms with van der Waals surface area (Å²) in [6.45, 7) is 0.469. The van der Waals surface area contributed by atoms with Crippen LogP contribution in [-0.2, 0) is 21.2 Å². The zero-order valence-corrected chi connectivity index (χ0v) is 14.2. The van der Waals surface area contributed by atoms with Crippen LogP contribution in [0.25, 0.3) is 5.69 Å². The van der Waals surface area contributed by atoms with Crippen LogP contribution in [0.5, 0.6) is 0 Å². The molecule has 0 N–H and O–H groups in total. The van der Waals surface area contributed by atoms with E-state index in [0.29, 0.717) is 6.54 Å². The average molecular weight is 345 g/mol. The van der Waals surface area contributed by atoms with Crippen molar-refractivity contribution in [3.8, 4) is 5.69 Å². The van der Waals surface area contributed by atoms with Crippen LogP contribution in [0.1, 0.15) is 12.0 Å². The number of benzene rings is 1. The van der Waals surface area contributed by atoms with Crippen LogP contribution in [-0.4, -0.2) is 41.8 Å². The third-order valence-electron chi connectivity index (χ3n) is 3.97. The summed E-state index contributed by atoms with van der Waals surface area (Å²) in [5, 5.41) is 5.40. The van der Waals surface area contributed by atoms with Crippen molar-refractivity contribution in [1.29, 1.82) is 0 Å². The molecule has 1 atom stereocenters. The van der Waals surface area contributed by atoms with E-state index in [1.807, 2.05) is 36.5 Å². The molecule has 0 saturated heterocycles. The number of sulfone groups is 1. The highest BCUT2D eigenvalue weighted by molar-refractivity contribution is 7.94. The fraction of sp³-hybridized carbons (Fsp3) is 0.294. The maximum absolute atomic E-state index is 12.3. The van der Waals surface area contributed by atoms with Gasteiger partial charge in [-0.1, -0.05) is 18.2 Å². The number of hydrogen-bond donors (Lipinski definition) is 0. The summed E-state index contributed by atoms with van der Waals surface area (Å²) >= 11 is 0. The first-order valence-corrected chi connectivity index (χ1v) is 9.38. The van der Waals surface area contributed by atoms with Crippen molar-refractivity contribution in [3.05, 3.63) is 59.8 Å². The summed E-state index contributed by atoms with van der Waals surface area (Å²) in [6.07, 6.45) is 5.40. The Labute approximate surface area is 141 Å². The minimum Gasteiger partial charge on any atom is -0.341 e. The molecule has 1 aliphatic heterocycles. The predicted octanol–water partition coefficient (Wildman–Crippen LogP) is 1.78. The second-order valence-corrected chi connectivity index (χ2v) is 7.92. The van der Waals surface area contributed by atoms with Gasteiger partial charge in [-0.3, -0.25) is 4.79 Å². The van der Waals surface area contributed by atoms with Gasteiger partial charge in [-0.15, -0.1) is 0 Å². The van der Waals surface area contributed by atoms with E-state index in [9.17, 15) is 13.2 Å². The number of amides is 1. The van der Waals surface area contributed by atoms with Gasteiger partial charge in [0.15, 0.2) is 9.84 Å². The van der Waals surface area contributed by atoms with Gasteiger partial charge in [0.1, 0.15) is 0 Å². The summed E-state index contributed by atoms with van der Waals surface area (Å²) in [6, 6.07) is 9.67. The minimum absolute atomic E-state index is 0.0291. The smallest absolute Gasteiger partial charge is 0.223 e. The molecule has 0 aliphatic carbocycles. The van der Waals surface area contributed by atoms with Crippen LogP contribution in [0.4, 0.5) is 0 Å². The number of nitrogens with zero attached hydrogens (tertiary/aromatic N) is 3. The second-order valence-electron chi connectivity index (χ2n) is 5.99. The highest BCUT2D eigenvalue weighted by Gasteiger charge is 2.25. The predicted molar refractivity (Wildman–Crippen MR) is 91.1 cm³/mol. The van der Waals surface area contributed by atoms with E-state index in [1.165, 1.54) is 5.41 Å². The number of carbonyl (C=O) groups is 1. The van der Waals surface area contributed by atoms with Crippen molar-refractivity contribution in [1.82, 2.24) is 14.7 Å². The van der Waals surface area contributed by atoms with Crippen LogP contribution < -0.4 is 0 Å². The molecule has 7 heteroatoms. The zero-order chi connectivity index (χ0) is 17.2. The van der Waals surface area contributed by atoms with Crippen molar-refractivity contribution in [2.75, 3.05) is 12.8 Å². The summed E-state index contributed by atoms with van der Waals surface area (Å²) < 4.78 is 24.6. The van der Waals surface area contributed by atoms with Crippen LogP contribution in [0.3, 0.4) is 0 Å². The lowest BCUT2D eigenvalue weighted by molar-refractivity contribution is -0.130. The quantitative estimate of drug-likeness (QED) is 0.828. The Morgan fingerprint density at radius 1 is 1.38 bits per heavy atom. The Kier molecular flexibility index (Phi) is 4.53. The minimum atomic E-state index is -3.12. The molecule has 1 amide bonds. The molecule has 24 heavy (non-hydrogen) atoms. The van der Waals surface area contributed by atoms with Gasteiger partial charge in [-0.05, 0) is 23.8 Å². The molecule has 2 aromatic rings. The maximum Gasteiger partial charge on any atom is 0.223 e. The topological polar surface area (TPSA) is 72.3 Å². The number of allylic oxidation sites excluding steroid dienone is 1. The molecule has 0 fully saturated rings. The fourth-order valence-electron chi connectivity index (χ4n) is 2.73. The Balaban J connectivity index is 1.62. The molecule has 2 heterocycles. The SMILES string of the molecule is CN(Cc1cccc(-n2cccn2)c1)C(=O)C[C@@H]1C=CS(=O)(=O)C1. The van der Waals surface area contributed by atoms with E-state index >= 15 is 0 Å². The molecule has 6 nitrogen and oxygen atoms in total. The summed E-state index contributed by atoms with van der Waals surface area (Å²) in [5.41, 5.74) is 1.93. The van der Waals surface area contributed by atoms with E-state index in [2.05, 4.69) is 5.10 Å². The molecule has 0 bridgehead atoms. The molecule has 0 saturated carbocycles. The van der Waals surface area contributed by atoms with E-state index in [4.69, 9.17) is 0 Å².